The zero-order valence-corrected chi connectivity index (χ0v) is 28.5. The van der Waals surface area contributed by atoms with Gasteiger partial charge in [0.15, 0.2) is 5.75 Å². The average molecular weight is 643 g/mol. The van der Waals surface area contributed by atoms with Crippen LogP contribution < -0.4 is 14.8 Å². The maximum absolute atomic E-state index is 13.6. The first-order valence-corrected chi connectivity index (χ1v) is 17.0. The quantitative estimate of drug-likeness (QED) is 0.229. The third-order valence-electron chi connectivity index (χ3n) is 7.93. The highest BCUT2D eigenvalue weighted by Crippen LogP contribution is 2.40. The largest absolute Gasteiger partial charge is 0.528 e. The van der Waals surface area contributed by atoms with Crippen molar-refractivity contribution in [2.24, 2.45) is 5.92 Å². The van der Waals surface area contributed by atoms with E-state index in [9.17, 15) is 18.0 Å². The number of carbonyl (C=O) groups excluding carboxylic acids is 2. The summed E-state index contributed by atoms with van der Waals surface area (Å²) in [5.41, 5.74) is 2.83. The number of hydrogen-bond donors (Lipinski definition) is 3. The fourth-order valence-electron chi connectivity index (χ4n) is 5.62. The first kappa shape index (κ1) is 34.1. The van der Waals surface area contributed by atoms with Crippen molar-refractivity contribution in [1.29, 1.82) is 0 Å². The molecule has 0 spiro atoms. The van der Waals surface area contributed by atoms with E-state index < -0.39 is 21.8 Å². The standard InChI is InChI=1S/C33H46N4O7S/c1-20(21-13-15-37(16-14-21)44-31(39)43-33(5,6)7)24-12-10-11-22-17-27(34-28(22)24)30(38)35-25-18-23(32(2,3)4)19-26(29(25)42-8)36-45(9,40)41/h10-12,17-21,34,36H,13-16H2,1-9H3,(H,35,38). The Morgan fingerprint density at radius 2 is 1.67 bits per heavy atom. The minimum absolute atomic E-state index is 0.181. The van der Waals surface area contributed by atoms with Gasteiger partial charge in [-0.3, -0.25) is 9.52 Å². The van der Waals surface area contributed by atoms with E-state index in [1.54, 1.807) is 38.0 Å². The molecule has 4 rings (SSSR count). The summed E-state index contributed by atoms with van der Waals surface area (Å²) in [4.78, 5) is 34.4. The number of para-hydroxylation sites is 1. The molecule has 2 heterocycles. The second kappa shape index (κ2) is 12.9. The van der Waals surface area contributed by atoms with E-state index in [1.807, 2.05) is 39.0 Å². The van der Waals surface area contributed by atoms with Gasteiger partial charge in [0.25, 0.3) is 5.91 Å². The van der Waals surface area contributed by atoms with Crippen LogP contribution in [0.1, 0.15) is 88.8 Å². The molecule has 3 N–H and O–H groups in total. The maximum Gasteiger partial charge on any atom is 0.528 e. The molecule has 1 aromatic heterocycles. The molecule has 1 unspecified atom stereocenters. The Balaban J connectivity index is 1.54. The Morgan fingerprint density at radius 3 is 2.24 bits per heavy atom. The third-order valence-corrected chi connectivity index (χ3v) is 8.52. The molecule has 45 heavy (non-hydrogen) atoms. The number of nitrogens with one attached hydrogen (secondary N) is 3. The molecule has 11 nitrogen and oxygen atoms in total. The van der Waals surface area contributed by atoms with Gasteiger partial charge in [-0.15, -0.1) is 5.06 Å². The lowest BCUT2D eigenvalue weighted by molar-refractivity contribution is -0.156. The number of amides is 1. The van der Waals surface area contributed by atoms with E-state index in [4.69, 9.17) is 14.3 Å². The number of carbonyl (C=O) groups is 2. The molecule has 2 aromatic carbocycles. The Hall–Kier alpha value is -3.77. The van der Waals surface area contributed by atoms with Gasteiger partial charge < -0.3 is 24.6 Å². The van der Waals surface area contributed by atoms with Gasteiger partial charge in [0.05, 0.1) is 24.7 Å². The molecule has 1 fully saturated rings. The number of benzene rings is 2. The summed E-state index contributed by atoms with van der Waals surface area (Å²) in [7, 11) is -2.17. The number of nitrogens with zero attached hydrogens (tertiary/aromatic N) is 1. The van der Waals surface area contributed by atoms with Crippen LogP contribution in [0.25, 0.3) is 10.9 Å². The zero-order valence-electron chi connectivity index (χ0n) is 27.7. The van der Waals surface area contributed by atoms with Crippen molar-refractivity contribution in [3.8, 4) is 5.75 Å². The molecular weight excluding hydrogens is 596 g/mol. The molecule has 1 aliphatic rings. The summed E-state index contributed by atoms with van der Waals surface area (Å²) >= 11 is 0. The van der Waals surface area contributed by atoms with Crippen LogP contribution in [0.2, 0.25) is 0 Å². The molecular formula is C33H46N4O7S. The second-order valence-electron chi connectivity index (χ2n) is 13.8. The van der Waals surface area contributed by atoms with Crippen molar-refractivity contribution in [2.45, 2.75) is 78.2 Å². The van der Waals surface area contributed by atoms with Crippen molar-refractivity contribution < 1.29 is 32.3 Å². The predicted molar refractivity (Wildman–Crippen MR) is 176 cm³/mol. The predicted octanol–water partition coefficient (Wildman–Crippen LogP) is 6.78. The van der Waals surface area contributed by atoms with Gasteiger partial charge in [0.2, 0.25) is 10.0 Å². The molecule has 1 atom stereocenters. The number of hydroxylamine groups is 2. The van der Waals surface area contributed by atoms with Gasteiger partial charge in [0, 0.05) is 24.0 Å². The monoisotopic (exact) mass is 642 g/mol. The summed E-state index contributed by atoms with van der Waals surface area (Å²) in [5, 5.41) is 5.51. The minimum Gasteiger partial charge on any atom is -0.492 e. The van der Waals surface area contributed by atoms with Crippen LogP contribution in [0.15, 0.2) is 36.4 Å². The number of methoxy groups -OCH3 is 1. The van der Waals surface area contributed by atoms with Crippen molar-refractivity contribution in [1.82, 2.24) is 10.0 Å². The van der Waals surface area contributed by atoms with Crippen LogP contribution in [0.3, 0.4) is 0 Å². The molecule has 1 aliphatic heterocycles. The summed E-state index contributed by atoms with van der Waals surface area (Å²) in [6.45, 7) is 14.8. The highest BCUT2D eigenvalue weighted by molar-refractivity contribution is 7.92. The molecule has 1 saturated heterocycles. The van der Waals surface area contributed by atoms with E-state index in [0.717, 1.165) is 41.1 Å². The summed E-state index contributed by atoms with van der Waals surface area (Å²) in [6, 6.07) is 11.4. The van der Waals surface area contributed by atoms with E-state index in [0.29, 0.717) is 30.4 Å². The maximum atomic E-state index is 13.6. The second-order valence-corrected chi connectivity index (χ2v) is 15.5. The lowest BCUT2D eigenvalue weighted by atomic mass is 9.81. The van der Waals surface area contributed by atoms with Gasteiger partial charge in [-0.25, -0.2) is 13.2 Å². The lowest BCUT2D eigenvalue weighted by Gasteiger charge is -2.34. The van der Waals surface area contributed by atoms with Crippen molar-refractivity contribution in [3.05, 3.63) is 53.2 Å². The molecule has 1 amide bonds. The fourth-order valence-corrected chi connectivity index (χ4v) is 6.17. The van der Waals surface area contributed by atoms with Gasteiger partial charge >= 0.3 is 6.16 Å². The normalized spacial score (nSPS) is 15.8. The summed E-state index contributed by atoms with van der Waals surface area (Å²) in [5.74, 6) is 0.362. The fraction of sp³-hybridized carbons (Fsp3) is 0.515. The van der Waals surface area contributed by atoms with Gasteiger partial charge in [-0.05, 0) is 80.2 Å². The smallest absolute Gasteiger partial charge is 0.492 e. The van der Waals surface area contributed by atoms with Gasteiger partial charge in [-0.1, -0.05) is 45.9 Å². The van der Waals surface area contributed by atoms with E-state index in [-0.39, 0.29) is 28.7 Å². The van der Waals surface area contributed by atoms with Crippen LogP contribution in [-0.2, 0) is 25.0 Å². The first-order valence-electron chi connectivity index (χ1n) is 15.1. The van der Waals surface area contributed by atoms with Crippen LogP contribution in [0.5, 0.6) is 5.75 Å². The van der Waals surface area contributed by atoms with Gasteiger partial charge in [0.1, 0.15) is 11.3 Å². The highest BCUT2D eigenvalue weighted by Gasteiger charge is 2.30. The lowest BCUT2D eigenvalue weighted by Crippen LogP contribution is -2.38. The van der Waals surface area contributed by atoms with E-state index >= 15 is 0 Å². The number of hydrogen-bond acceptors (Lipinski definition) is 8. The minimum atomic E-state index is -3.60. The Kier molecular flexibility index (Phi) is 9.79. The van der Waals surface area contributed by atoms with Gasteiger partial charge in [-0.2, -0.15) is 0 Å². The molecule has 246 valence electrons. The number of rotatable bonds is 8. The van der Waals surface area contributed by atoms with Crippen LogP contribution in [-0.4, -0.2) is 62.6 Å². The van der Waals surface area contributed by atoms with Crippen LogP contribution in [0, 0.1) is 5.92 Å². The van der Waals surface area contributed by atoms with Crippen molar-refractivity contribution in [3.63, 3.8) is 0 Å². The zero-order chi connectivity index (χ0) is 33.3. The molecule has 0 bridgehead atoms. The number of aromatic amines is 1. The topological polar surface area (TPSA) is 139 Å². The number of aromatic nitrogens is 1. The number of piperidine rings is 1. The highest BCUT2D eigenvalue weighted by atomic mass is 32.2. The molecule has 3 aromatic rings. The Bertz CT molecular complexity index is 1660. The molecule has 0 aliphatic carbocycles. The number of sulfonamides is 1. The Labute approximate surface area is 266 Å². The summed E-state index contributed by atoms with van der Waals surface area (Å²) < 4.78 is 37.6. The van der Waals surface area contributed by atoms with Crippen LogP contribution >= 0.6 is 0 Å². The average Bonchev–Trinajstić information content (AvgIpc) is 3.35. The first-order chi connectivity index (χ1) is 20.8. The number of fused-ring (bicyclic) bond motifs is 1. The Morgan fingerprint density at radius 1 is 1.02 bits per heavy atom. The van der Waals surface area contributed by atoms with Crippen molar-refractivity contribution >= 4 is 44.4 Å². The number of anilines is 2. The summed E-state index contributed by atoms with van der Waals surface area (Å²) in [6.07, 6.45) is 2.05. The number of H-pyrrole nitrogens is 1. The number of ether oxygens (including phenoxy) is 2. The van der Waals surface area contributed by atoms with E-state index in [2.05, 4.69) is 28.0 Å². The molecule has 12 heteroatoms. The SMILES string of the molecule is COc1c(NC(=O)c2cc3cccc(C(C)C4CCN(OC(=O)OC(C)(C)C)CC4)c3[nH]2)cc(C(C)(C)C)cc1NS(C)(=O)=O. The third kappa shape index (κ3) is 8.70. The molecule has 0 saturated carbocycles. The van der Waals surface area contributed by atoms with Crippen molar-refractivity contribution in [2.75, 3.05) is 36.5 Å². The van der Waals surface area contributed by atoms with Crippen LogP contribution in [0.4, 0.5) is 16.2 Å². The van der Waals surface area contributed by atoms with E-state index in [1.165, 1.54) is 7.11 Å². The molecule has 0 radical (unpaired) electrons.